The van der Waals surface area contributed by atoms with Gasteiger partial charge in [-0.15, -0.1) is 0 Å². The van der Waals surface area contributed by atoms with Gasteiger partial charge >= 0.3 is 12.1 Å². The number of rotatable bonds is 4. The van der Waals surface area contributed by atoms with Crippen molar-refractivity contribution in [2.24, 2.45) is 0 Å². The number of anilines is 2. The van der Waals surface area contributed by atoms with Gasteiger partial charge in [-0.1, -0.05) is 0 Å². The van der Waals surface area contributed by atoms with E-state index in [2.05, 4.69) is 20.5 Å². The molecule has 1 saturated heterocycles. The number of ether oxygens (including phenoxy) is 2. The Kier molecular flexibility index (Phi) is 5.94. The molecule has 2 fully saturated rings. The average Bonchev–Trinajstić information content (AvgIpc) is 3.52. The van der Waals surface area contributed by atoms with Gasteiger partial charge in [-0.25, -0.2) is 23.9 Å². The average molecular weight is 471 g/mol. The molecule has 1 aliphatic carbocycles. The van der Waals surface area contributed by atoms with Crippen LogP contribution >= 0.6 is 0 Å². The van der Waals surface area contributed by atoms with Gasteiger partial charge in [0.1, 0.15) is 11.6 Å². The van der Waals surface area contributed by atoms with Crippen molar-refractivity contribution in [1.82, 2.24) is 20.2 Å². The van der Waals surface area contributed by atoms with Crippen LogP contribution in [0.15, 0.2) is 18.2 Å². The zero-order valence-electron chi connectivity index (χ0n) is 19.1. The number of morpholine rings is 1. The first kappa shape index (κ1) is 22.3. The number of nitrogens with zero attached hydrogens (tertiary/aromatic N) is 4. The van der Waals surface area contributed by atoms with Crippen molar-refractivity contribution < 1.29 is 23.5 Å². The number of amides is 3. The van der Waals surface area contributed by atoms with Gasteiger partial charge < -0.3 is 25.0 Å². The number of fused-ring (bicyclic) bond motifs is 1. The number of benzene rings is 1. The summed E-state index contributed by atoms with van der Waals surface area (Å²) in [5.74, 6) is 0.353. The van der Waals surface area contributed by atoms with Gasteiger partial charge in [-0.3, -0.25) is 4.90 Å². The highest BCUT2D eigenvalue weighted by atomic mass is 19.1. The van der Waals surface area contributed by atoms with Crippen molar-refractivity contribution >= 4 is 23.6 Å². The minimum Gasteiger partial charge on any atom is -0.453 e. The van der Waals surface area contributed by atoms with Gasteiger partial charge in [-0.05, 0) is 38.0 Å². The molecule has 3 aliphatic rings. The normalized spacial score (nSPS) is 19.6. The molecule has 0 bridgehead atoms. The first-order valence-electron chi connectivity index (χ1n) is 11.4. The smallest absolute Gasteiger partial charge is 0.410 e. The number of methoxy groups -OCH3 is 1. The molecule has 3 amide bonds. The molecule has 2 N–H and O–H groups in total. The van der Waals surface area contributed by atoms with Crippen LogP contribution in [0.1, 0.15) is 31.0 Å². The molecule has 2 aromatic rings. The number of hydrogen-bond acceptors (Lipinski definition) is 7. The standard InChI is InChI=1S/C23H27FN6O4/c1-13-12-34-8-7-30(13)21-17-10-29(23(32)33-2)11-19(17)27-20(28-21)16-6-5-15(9-18(16)24)26-22(31)25-14-3-4-14/h5-6,9,13-14H,3-4,7-8,10-12H2,1-2H3,(H2,25,26,31)/t13-/m1/s1. The minimum atomic E-state index is -0.548. The van der Waals surface area contributed by atoms with Crippen molar-refractivity contribution in [2.75, 3.05) is 37.1 Å². The molecule has 180 valence electrons. The van der Waals surface area contributed by atoms with Gasteiger partial charge in [0.25, 0.3) is 0 Å². The van der Waals surface area contributed by atoms with E-state index in [0.29, 0.717) is 43.5 Å². The van der Waals surface area contributed by atoms with E-state index in [-0.39, 0.29) is 36.0 Å². The number of hydrogen-bond donors (Lipinski definition) is 2. The number of carbonyl (C=O) groups is 2. The van der Waals surface area contributed by atoms with Crippen LogP contribution < -0.4 is 15.5 Å². The van der Waals surface area contributed by atoms with Crippen LogP contribution in [0.5, 0.6) is 0 Å². The molecule has 1 aromatic carbocycles. The fraction of sp³-hybridized carbons (Fsp3) is 0.478. The quantitative estimate of drug-likeness (QED) is 0.707. The molecule has 10 nitrogen and oxygen atoms in total. The number of nitrogens with one attached hydrogen (secondary N) is 2. The topological polar surface area (TPSA) is 109 Å². The molecule has 5 rings (SSSR count). The second-order valence-corrected chi connectivity index (χ2v) is 8.81. The monoisotopic (exact) mass is 470 g/mol. The van der Waals surface area contributed by atoms with E-state index in [1.165, 1.54) is 13.2 Å². The summed E-state index contributed by atoms with van der Waals surface area (Å²) in [7, 11) is 1.34. The summed E-state index contributed by atoms with van der Waals surface area (Å²) >= 11 is 0. The molecule has 0 spiro atoms. The van der Waals surface area contributed by atoms with Crippen LogP contribution in [0.25, 0.3) is 11.4 Å². The van der Waals surface area contributed by atoms with Crippen LogP contribution in [0.4, 0.5) is 25.5 Å². The Bertz CT molecular complexity index is 1120. The highest BCUT2D eigenvalue weighted by Crippen LogP contribution is 2.34. The van der Waals surface area contributed by atoms with Crippen molar-refractivity contribution in [1.29, 1.82) is 0 Å². The lowest BCUT2D eigenvalue weighted by molar-refractivity contribution is 0.0983. The van der Waals surface area contributed by atoms with E-state index in [4.69, 9.17) is 14.5 Å². The first-order valence-corrected chi connectivity index (χ1v) is 11.4. The van der Waals surface area contributed by atoms with Gasteiger partial charge in [0.05, 0.1) is 50.7 Å². The van der Waals surface area contributed by atoms with Crippen LogP contribution in [-0.2, 0) is 22.6 Å². The predicted octanol–water partition coefficient (Wildman–Crippen LogP) is 2.87. The summed E-state index contributed by atoms with van der Waals surface area (Å²) in [5, 5.41) is 5.46. The number of urea groups is 1. The van der Waals surface area contributed by atoms with Gasteiger partial charge in [0.2, 0.25) is 0 Å². The SMILES string of the molecule is COC(=O)N1Cc2nc(-c3ccc(NC(=O)NC4CC4)cc3F)nc(N3CCOC[C@H]3C)c2C1. The van der Waals surface area contributed by atoms with E-state index in [1.54, 1.807) is 17.0 Å². The van der Waals surface area contributed by atoms with Gasteiger partial charge in [0, 0.05) is 23.8 Å². The maximum atomic E-state index is 15.2. The highest BCUT2D eigenvalue weighted by molar-refractivity contribution is 5.90. The van der Waals surface area contributed by atoms with E-state index >= 15 is 4.39 Å². The lowest BCUT2D eigenvalue weighted by Crippen LogP contribution is -2.44. The zero-order chi connectivity index (χ0) is 23.8. The molecular weight excluding hydrogens is 443 g/mol. The van der Waals surface area contributed by atoms with Crippen LogP contribution in [0.2, 0.25) is 0 Å². The number of carbonyl (C=O) groups excluding carboxylic acids is 2. The van der Waals surface area contributed by atoms with E-state index < -0.39 is 11.9 Å². The Balaban J connectivity index is 1.47. The van der Waals surface area contributed by atoms with Crippen LogP contribution in [0.3, 0.4) is 0 Å². The highest BCUT2D eigenvalue weighted by Gasteiger charge is 2.33. The van der Waals surface area contributed by atoms with Crippen molar-refractivity contribution in [3.63, 3.8) is 0 Å². The summed E-state index contributed by atoms with van der Waals surface area (Å²) in [6.45, 7) is 4.34. The van der Waals surface area contributed by atoms with Crippen molar-refractivity contribution in [2.45, 2.75) is 44.9 Å². The number of aromatic nitrogens is 2. The van der Waals surface area contributed by atoms with Crippen molar-refractivity contribution in [3.8, 4) is 11.4 Å². The second kappa shape index (κ2) is 9.05. The molecule has 0 radical (unpaired) electrons. The Morgan fingerprint density at radius 1 is 1.24 bits per heavy atom. The molecule has 1 atom stereocenters. The van der Waals surface area contributed by atoms with E-state index in [1.807, 2.05) is 6.92 Å². The maximum absolute atomic E-state index is 15.2. The summed E-state index contributed by atoms with van der Waals surface area (Å²) in [6.07, 6.45) is 1.48. The summed E-state index contributed by atoms with van der Waals surface area (Å²) < 4.78 is 25.6. The molecular formula is C23H27FN6O4. The maximum Gasteiger partial charge on any atom is 0.410 e. The number of halogens is 1. The summed E-state index contributed by atoms with van der Waals surface area (Å²) in [5.41, 5.74) is 2.06. The second-order valence-electron chi connectivity index (χ2n) is 8.81. The van der Waals surface area contributed by atoms with Gasteiger partial charge in [-0.2, -0.15) is 0 Å². The Hall–Kier alpha value is -3.47. The predicted molar refractivity (Wildman–Crippen MR) is 122 cm³/mol. The van der Waals surface area contributed by atoms with Crippen LogP contribution in [0, 0.1) is 5.82 Å². The summed E-state index contributed by atoms with van der Waals surface area (Å²) in [6, 6.07) is 4.36. The van der Waals surface area contributed by atoms with E-state index in [0.717, 1.165) is 18.4 Å². The molecule has 1 saturated carbocycles. The molecule has 0 unspecified atom stereocenters. The fourth-order valence-corrected chi connectivity index (χ4v) is 4.25. The van der Waals surface area contributed by atoms with Crippen molar-refractivity contribution in [3.05, 3.63) is 35.3 Å². The largest absolute Gasteiger partial charge is 0.453 e. The zero-order valence-corrected chi connectivity index (χ0v) is 19.1. The Morgan fingerprint density at radius 3 is 2.76 bits per heavy atom. The lowest BCUT2D eigenvalue weighted by Gasteiger charge is -2.35. The fourth-order valence-electron chi connectivity index (χ4n) is 4.25. The Morgan fingerprint density at radius 2 is 2.06 bits per heavy atom. The molecule has 11 heteroatoms. The first-order chi connectivity index (χ1) is 16.4. The summed E-state index contributed by atoms with van der Waals surface area (Å²) in [4.78, 5) is 37.2. The van der Waals surface area contributed by atoms with Crippen LogP contribution in [-0.4, -0.2) is 65.9 Å². The molecule has 3 heterocycles. The third-order valence-corrected chi connectivity index (χ3v) is 6.21. The molecule has 1 aromatic heterocycles. The lowest BCUT2D eigenvalue weighted by atomic mass is 10.1. The molecule has 2 aliphatic heterocycles. The third kappa shape index (κ3) is 4.47. The third-order valence-electron chi connectivity index (χ3n) is 6.21. The molecule has 34 heavy (non-hydrogen) atoms. The minimum absolute atomic E-state index is 0.0641. The Labute approximate surface area is 196 Å². The van der Waals surface area contributed by atoms with E-state index in [9.17, 15) is 9.59 Å². The van der Waals surface area contributed by atoms with Gasteiger partial charge in [0.15, 0.2) is 5.82 Å².